The number of hydrogen-bond acceptors (Lipinski definition) is 1. The van der Waals surface area contributed by atoms with Gasteiger partial charge < -0.3 is 4.90 Å². The number of nitrogens with zero attached hydrogens (tertiary/aromatic N) is 2. The van der Waals surface area contributed by atoms with Gasteiger partial charge in [-0.1, -0.05) is 6.07 Å². The number of halogens is 2. The fraction of sp³-hybridized carbons (Fsp3) is 0.273. The van der Waals surface area contributed by atoms with E-state index in [1.165, 1.54) is 6.07 Å². The van der Waals surface area contributed by atoms with Crippen molar-refractivity contribution in [2.24, 2.45) is 4.99 Å². The lowest BCUT2D eigenvalue weighted by Gasteiger charge is -2.10. The minimum absolute atomic E-state index is 0.382. The van der Waals surface area contributed by atoms with Gasteiger partial charge in [-0.05, 0) is 19.1 Å². The highest BCUT2D eigenvalue weighted by molar-refractivity contribution is 6.02. The molecule has 16 heavy (non-hydrogen) atoms. The van der Waals surface area contributed by atoms with E-state index in [2.05, 4.69) is 4.99 Å². The fourth-order valence-corrected chi connectivity index (χ4v) is 1.00. The molecule has 0 bridgehead atoms. The SMILES string of the molecule is C/C(=N\C(=O)c1c(F)cccc1F)N(C)C. The summed E-state index contributed by atoms with van der Waals surface area (Å²) < 4.78 is 26.4. The molecule has 0 N–H and O–H groups in total. The van der Waals surface area contributed by atoms with E-state index in [-0.39, 0.29) is 0 Å². The van der Waals surface area contributed by atoms with Crippen LogP contribution in [0, 0.1) is 11.6 Å². The molecule has 0 radical (unpaired) electrons. The van der Waals surface area contributed by atoms with Crippen LogP contribution >= 0.6 is 0 Å². The van der Waals surface area contributed by atoms with Gasteiger partial charge in [0.05, 0.1) is 0 Å². The maximum atomic E-state index is 13.2. The molecule has 0 saturated heterocycles. The minimum atomic E-state index is -0.915. The summed E-state index contributed by atoms with van der Waals surface area (Å²) in [5.41, 5.74) is -0.622. The molecule has 0 aliphatic carbocycles. The van der Waals surface area contributed by atoms with Crippen molar-refractivity contribution in [1.29, 1.82) is 0 Å². The number of amides is 1. The lowest BCUT2D eigenvalue weighted by atomic mass is 10.2. The Labute approximate surface area is 92.4 Å². The van der Waals surface area contributed by atoms with Crippen LogP contribution in [0.4, 0.5) is 8.78 Å². The zero-order chi connectivity index (χ0) is 12.3. The summed E-state index contributed by atoms with van der Waals surface area (Å²) >= 11 is 0. The van der Waals surface area contributed by atoms with E-state index in [1.807, 2.05) is 0 Å². The van der Waals surface area contributed by atoms with E-state index >= 15 is 0 Å². The van der Waals surface area contributed by atoms with Crippen molar-refractivity contribution < 1.29 is 13.6 Å². The zero-order valence-electron chi connectivity index (χ0n) is 9.29. The summed E-state index contributed by atoms with van der Waals surface area (Å²) in [5.74, 6) is -2.34. The van der Waals surface area contributed by atoms with E-state index in [0.29, 0.717) is 5.84 Å². The van der Waals surface area contributed by atoms with Crippen molar-refractivity contribution in [3.8, 4) is 0 Å². The molecular weight excluding hydrogens is 214 g/mol. The Bertz CT molecular complexity index is 421. The van der Waals surface area contributed by atoms with Crippen molar-refractivity contribution in [1.82, 2.24) is 4.90 Å². The molecule has 0 unspecified atom stereocenters. The average Bonchev–Trinajstić information content (AvgIpc) is 2.16. The van der Waals surface area contributed by atoms with Crippen LogP contribution in [0.25, 0.3) is 0 Å². The average molecular weight is 226 g/mol. The summed E-state index contributed by atoms with van der Waals surface area (Å²) in [6.07, 6.45) is 0. The van der Waals surface area contributed by atoms with Crippen LogP contribution in [0.2, 0.25) is 0 Å². The van der Waals surface area contributed by atoms with Crippen LogP contribution in [0.15, 0.2) is 23.2 Å². The molecule has 5 heteroatoms. The molecule has 0 saturated carbocycles. The van der Waals surface area contributed by atoms with E-state index in [0.717, 1.165) is 12.1 Å². The maximum absolute atomic E-state index is 13.2. The quantitative estimate of drug-likeness (QED) is 0.542. The van der Waals surface area contributed by atoms with Crippen molar-refractivity contribution in [3.05, 3.63) is 35.4 Å². The molecule has 86 valence electrons. The van der Waals surface area contributed by atoms with E-state index in [4.69, 9.17) is 0 Å². The Morgan fingerprint density at radius 3 is 2.19 bits per heavy atom. The van der Waals surface area contributed by atoms with Crippen LogP contribution in [-0.4, -0.2) is 30.7 Å². The minimum Gasteiger partial charge on any atom is -0.366 e. The van der Waals surface area contributed by atoms with E-state index in [1.54, 1.807) is 25.9 Å². The van der Waals surface area contributed by atoms with E-state index in [9.17, 15) is 13.6 Å². The second-order valence-electron chi connectivity index (χ2n) is 3.46. The van der Waals surface area contributed by atoms with Crippen LogP contribution in [0.1, 0.15) is 17.3 Å². The highest BCUT2D eigenvalue weighted by atomic mass is 19.1. The van der Waals surface area contributed by atoms with Gasteiger partial charge >= 0.3 is 0 Å². The topological polar surface area (TPSA) is 32.7 Å². The summed E-state index contributed by atoms with van der Waals surface area (Å²) in [7, 11) is 3.37. The number of amidine groups is 1. The van der Waals surface area contributed by atoms with Crippen molar-refractivity contribution >= 4 is 11.7 Å². The first-order chi connectivity index (χ1) is 7.43. The Morgan fingerprint density at radius 1 is 1.25 bits per heavy atom. The number of rotatable bonds is 1. The third-order valence-electron chi connectivity index (χ3n) is 2.09. The van der Waals surface area contributed by atoms with Gasteiger partial charge in [-0.25, -0.2) is 8.78 Å². The molecule has 0 heterocycles. The number of benzene rings is 1. The molecule has 3 nitrogen and oxygen atoms in total. The molecule has 1 aromatic carbocycles. The maximum Gasteiger partial charge on any atom is 0.284 e. The van der Waals surface area contributed by atoms with Gasteiger partial charge in [0.25, 0.3) is 5.91 Å². The third kappa shape index (κ3) is 2.62. The number of carbonyl (C=O) groups is 1. The second kappa shape index (κ2) is 4.83. The van der Waals surface area contributed by atoms with Crippen molar-refractivity contribution in [3.63, 3.8) is 0 Å². The first-order valence-electron chi connectivity index (χ1n) is 4.64. The standard InChI is InChI=1S/C11H12F2N2O/c1-7(15(2)3)14-11(16)10-8(12)5-4-6-9(10)13/h4-6H,1-3H3/b14-7+. The highest BCUT2D eigenvalue weighted by Crippen LogP contribution is 2.13. The van der Waals surface area contributed by atoms with Crippen LogP contribution in [0.5, 0.6) is 0 Å². The van der Waals surface area contributed by atoms with Crippen molar-refractivity contribution in [2.45, 2.75) is 6.92 Å². The van der Waals surface area contributed by atoms with Gasteiger partial charge in [0.15, 0.2) is 0 Å². The largest absolute Gasteiger partial charge is 0.366 e. The van der Waals surface area contributed by atoms with Crippen LogP contribution in [0.3, 0.4) is 0 Å². The summed E-state index contributed by atoms with van der Waals surface area (Å²) in [6.45, 7) is 1.58. The monoisotopic (exact) mass is 226 g/mol. The van der Waals surface area contributed by atoms with Crippen LogP contribution < -0.4 is 0 Å². The lowest BCUT2D eigenvalue weighted by molar-refractivity contribution is 0.0993. The smallest absolute Gasteiger partial charge is 0.284 e. The molecule has 0 atom stereocenters. The predicted molar refractivity (Wildman–Crippen MR) is 57.5 cm³/mol. The van der Waals surface area contributed by atoms with Gasteiger partial charge in [0.1, 0.15) is 23.0 Å². The molecule has 1 amide bonds. The molecule has 0 fully saturated rings. The highest BCUT2D eigenvalue weighted by Gasteiger charge is 2.16. The number of hydrogen-bond donors (Lipinski definition) is 0. The molecule has 1 aromatic rings. The van der Waals surface area contributed by atoms with Gasteiger partial charge in [-0.2, -0.15) is 4.99 Å². The lowest BCUT2D eigenvalue weighted by Crippen LogP contribution is -2.20. The molecule has 0 aliphatic rings. The van der Waals surface area contributed by atoms with Gasteiger partial charge in [0.2, 0.25) is 0 Å². The molecule has 0 spiro atoms. The summed E-state index contributed by atoms with van der Waals surface area (Å²) in [5, 5.41) is 0. The normalized spacial score (nSPS) is 11.4. The molecular formula is C11H12F2N2O. The Hall–Kier alpha value is -1.78. The number of aliphatic imine (C=N–C) groups is 1. The fourth-order valence-electron chi connectivity index (χ4n) is 1.00. The first kappa shape index (κ1) is 12.3. The molecule has 1 rings (SSSR count). The van der Waals surface area contributed by atoms with Crippen molar-refractivity contribution in [2.75, 3.05) is 14.1 Å². The summed E-state index contributed by atoms with van der Waals surface area (Å²) in [6, 6.07) is 3.25. The summed E-state index contributed by atoms with van der Waals surface area (Å²) in [4.78, 5) is 16.7. The Balaban J connectivity index is 3.11. The predicted octanol–water partition coefficient (Wildman–Crippen LogP) is 2.08. The van der Waals surface area contributed by atoms with Gasteiger partial charge in [0, 0.05) is 14.1 Å². The third-order valence-corrected chi connectivity index (χ3v) is 2.09. The Morgan fingerprint density at radius 2 is 1.75 bits per heavy atom. The number of carbonyl (C=O) groups excluding carboxylic acids is 1. The Kier molecular flexibility index (Phi) is 3.71. The molecule has 0 aromatic heterocycles. The van der Waals surface area contributed by atoms with Crippen LogP contribution in [-0.2, 0) is 0 Å². The second-order valence-corrected chi connectivity index (χ2v) is 3.46. The van der Waals surface area contributed by atoms with E-state index < -0.39 is 23.1 Å². The van der Waals surface area contributed by atoms with Gasteiger partial charge in [-0.15, -0.1) is 0 Å². The zero-order valence-corrected chi connectivity index (χ0v) is 9.29. The van der Waals surface area contributed by atoms with Gasteiger partial charge in [-0.3, -0.25) is 4.79 Å². The molecule has 0 aliphatic heterocycles. The first-order valence-corrected chi connectivity index (χ1v) is 4.64.